The molecule has 2 fully saturated rings. The largest absolute Gasteiger partial charge is 0.292 e. The lowest BCUT2D eigenvalue weighted by molar-refractivity contribution is -0.123. The first-order valence-corrected chi connectivity index (χ1v) is 7.19. The van der Waals surface area contributed by atoms with Crippen LogP contribution in [0.4, 0.5) is 0 Å². The highest BCUT2D eigenvalue weighted by atomic mass is 32.2. The molecule has 2 aliphatic rings. The highest BCUT2D eigenvalue weighted by Gasteiger charge is 2.31. The molecule has 2 saturated heterocycles. The van der Waals surface area contributed by atoms with Gasteiger partial charge in [-0.05, 0) is 11.8 Å². The Bertz CT molecular complexity index is 527. The van der Waals surface area contributed by atoms with Gasteiger partial charge in [-0.3, -0.25) is 19.4 Å². The standard InChI is InChI=1S/C11H12N4O2S2/c1-4-5-15-9(17)7(2)19-11(15)13-12-10-14(3)8(16)6-18-10/h4H,1-2,5-6H2,3H3. The number of hydrogen-bond donors (Lipinski definition) is 0. The molecule has 0 aliphatic carbocycles. The Hall–Kier alpha value is -1.54. The number of carbonyl (C=O) groups excluding carboxylic acids is 2. The van der Waals surface area contributed by atoms with E-state index in [1.165, 1.54) is 33.3 Å². The second-order valence-electron chi connectivity index (χ2n) is 3.74. The fourth-order valence-electron chi connectivity index (χ4n) is 1.42. The summed E-state index contributed by atoms with van der Waals surface area (Å²) in [7, 11) is 1.65. The summed E-state index contributed by atoms with van der Waals surface area (Å²) in [5.74, 6) is 0.175. The van der Waals surface area contributed by atoms with Crippen molar-refractivity contribution in [2.45, 2.75) is 0 Å². The molecule has 8 heteroatoms. The molecule has 100 valence electrons. The van der Waals surface area contributed by atoms with Crippen molar-refractivity contribution in [3.63, 3.8) is 0 Å². The van der Waals surface area contributed by atoms with Crippen LogP contribution in [0, 0.1) is 0 Å². The predicted molar refractivity (Wildman–Crippen MR) is 78.7 cm³/mol. The fraction of sp³-hybridized carbons (Fsp3) is 0.273. The molecule has 2 rings (SSSR count). The van der Waals surface area contributed by atoms with Gasteiger partial charge >= 0.3 is 0 Å². The van der Waals surface area contributed by atoms with Crippen LogP contribution in [0.3, 0.4) is 0 Å². The van der Waals surface area contributed by atoms with Crippen LogP contribution >= 0.6 is 23.5 Å². The number of amides is 2. The molecule has 0 saturated carbocycles. The summed E-state index contributed by atoms with van der Waals surface area (Å²) in [5, 5.41) is 9.04. The van der Waals surface area contributed by atoms with E-state index in [1.807, 2.05) is 0 Å². The summed E-state index contributed by atoms with van der Waals surface area (Å²) in [6, 6.07) is 0. The molecule has 0 unspecified atom stereocenters. The van der Waals surface area contributed by atoms with Crippen molar-refractivity contribution in [1.82, 2.24) is 9.80 Å². The lowest BCUT2D eigenvalue weighted by Gasteiger charge is -2.11. The SMILES string of the molecule is C=CCN1C(=O)C(=C)SC1=NN=C1SCC(=O)N1C. The van der Waals surface area contributed by atoms with E-state index < -0.39 is 0 Å². The maximum Gasteiger partial charge on any atom is 0.266 e. The average molecular weight is 296 g/mol. The molecule has 0 aromatic carbocycles. The number of thioether (sulfide) groups is 2. The predicted octanol–water partition coefficient (Wildman–Crippen LogP) is 1.09. The van der Waals surface area contributed by atoms with Crippen molar-refractivity contribution >= 4 is 45.7 Å². The van der Waals surface area contributed by atoms with Crippen molar-refractivity contribution in [3.05, 3.63) is 24.1 Å². The van der Waals surface area contributed by atoms with E-state index in [0.29, 0.717) is 27.5 Å². The van der Waals surface area contributed by atoms with Gasteiger partial charge in [-0.2, -0.15) is 0 Å². The molecule has 0 radical (unpaired) electrons. The van der Waals surface area contributed by atoms with Crippen LogP contribution in [0.25, 0.3) is 0 Å². The van der Waals surface area contributed by atoms with Crippen LogP contribution in [0.1, 0.15) is 0 Å². The van der Waals surface area contributed by atoms with Crippen LogP contribution in [0.5, 0.6) is 0 Å². The van der Waals surface area contributed by atoms with E-state index in [1.54, 1.807) is 13.1 Å². The Morgan fingerprint density at radius 1 is 1.37 bits per heavy atom. The summed E-state index contributed by atoms with van der Waals surface area (Å²) < 4.78 is 0. The Kier molecular flexibility index (Phi) is 4.11. The highest BCUT2D eigenvalue weighted by molar-refractivity contribution is 8.18. The van der Waals surface area contributed by atoms with Gasteiger partial charge in [0.1, 0.15) is 0 Å². The monoisotopic (exact) mass is 296 g/mol. The van der Waals surface area contributed by atoms with Crippen molar-refractivity contribution in [2.24, 2.45) is 10.2 Å². The minimum absolute atomic E-state index is 0.00791. The first-order valence-electron chi connectivity index (χ1n) is 5.39. The Morgan fingerprint density at radius 3 is 2.63 bits per heavy atom. The molecule has 0 aromatic rings. The summed E-state index contributed by atoms with van der Waals surface area (Å²) in [4.78, 5) is 26.4. The molecular formula is C11H12N4O2S2. The molecule has 2 aliphatic heterocycles. The molecule has 19 heavy (non-hydrogen) atoms. The van der Waals surface area contributed by atoms with Crippen molar-refractivity contribution in [3.8, 4) is 0 Å². The van der Waals surface area contributed by atoms with Crippen molar-refractivity contribution < 1.29 is 9.59 Å². The third-order valence-corrected chi connectivity index (χ3v) is 4.36. The molecule has 2 heterocycles. The zero-order chi connectivity index (χ0) is 14.0. The number of rotatable bonds is 3. The van der Waals surface area contributed by atoms with Crippen molar-refractivity contribution in [2.75, 3.05) is 19.3 Å². The fourth-order valence-corrected chi connectivity index (χ4v) is 3.03. The Morgan fingerprint density at radius 2 is 2.05 bits per heavy atom. The smallest absolute Gasteiger partial charge is 0.266 e. The second kappa shape index (κ2) is 5.62. The number of amidine groups is 2. The zero-order valence-electron chi connectivity index (χ0n) is 10.3. The lowest BCUT2D eigenvalue weighted by atomic mass is 10.5. The minimum atomic E-state index is -0.188. The average Bonchev–Trinajstić information content (AvgIpc) is 2.84. The normalized spacial score (nSPS) is 24.2. The van der Waals surface area contributed by atoms with Gasteiger partial charge in [0.25, 0.3) is 5.91 Å². The first kappa shape index (κ1) is 13.9. The molecule has 0 aromatic heterocycles. The van der Waals surface area contributed by atoms with E-state index in [0.717, 1.165) is 0 Å². The van der Waals surface area contributed by atoms with Crippen LogP contribution < -0.4 is 0 Å². The number of carbonyl (C=O) groups is 2. The highest BCUT2D eigenvalue weighted by Crippen LogP contribution is 2.29. The zero-order valence-corrected chi connectivity index (χ0v) is 12.0. The first-order chi connectivity index (χ1) is 9.04. The van der Waals surface area contributed by atoms with Crippen molar-refractivity contribution in [1.29, 1.82) is 0 Å². The summed E-state index contributed by atoms with van der Waals surface area (Å²) in [5.41, 5.74) is 0. The summed E-state index contributed by atoms with van der Waals surface area (Å²) in [6.07, 6.45) is 1.61. The minimum Gasteiger partial charge on any atom is -0.292 e. The third kappa shape index (κ3) is 2.74. The van der Waals surface area contributed by atoms with Gasteiger partial charge < -0.3 is 0 Å². The van der Waals surface area contributed by atoms with Crippen LogP contribution in [-0.2, 0) is 9.59 Å². The van der Waals surface area contributed by atoms with Gasteiger partial charge in [-0.1, -0.05) is 24.4 Å². The van der Waals surface area contributed by atoms with E-state index in [2.05, 4.69) is 23.4 Å². The molecule has 6 nitrogen and oxygen atoms in total. The van der Waals surface area contributed by atoms with Gasteiger partial charge in [-0.15, -0.1) is 16.8 Å². The number of nitrogens with zero attached hydrogens (tertiary/aromatic N) is 4. The summed E-state index contributed by atoms with van der Waals surface area (Å²) in [6.45, 7) is 7.62. The van der Waals surface area contributed by atoms with Crippen LogP contribution in [0.15, 0.2) is 34.3 Å². The van der Waals surface area contributed by atoms with Crippen LogP contribution in [0.2, 0.25) is 0 Å². The van der Waals surface area contributed by atoms with Gasteiger partial charge in [0.15, 0.2) is 10.3 Å². The van der Waals surface area contributed by atoms with E-state index in [4.69, 9.17) is 0 Å². The van der Waals surface area contributed by atoms with Gasteiger partial charge in [0.05, 0.1) is 10.7 Å². The van der Waals surface area contributed by atoms with Gasteiger partial charge in [-0.25, -0.2) is 0 Å². The summed E-state index contributed by atoms with van der Waals surface area (Å²) >= 11 is 2.49. The van der Waals surface area contributed by atoms with Gasteiger partial charge in [0, 0.05) is 13.6 Å². The van der Waals surface area contributed by atoms with Gasteiger partial charge in [0.2, 0.25) is 5.91 Å². The molecule has 0 atom stereocenters. The molecule has 2 amide bonds. The van der Waals surface area contributed by atoms with E-state index >= 15 is 0 Å². The van der Waals surface area contributed by atoms with Crippen LogP contribution in [-0.4, -0.2) is 51.3 Å². The lowest BCUT2D eigenvalue weighted by Crippen LogP contribution is -2.29. The molecule has 0 bridgehead atoms. The number of hydrogen-bond acceptors (Lipinski definition) is 6. The van der Waals surface area contributed by atoms with E-state index in [-0.39, 0.29) is 11.8 Å². The molecule has 0 spiro atoms. The topological polar surface area (TPSA) is 65.3 Å². The molecule has 0 N–H and O–H groups in total. The second-order valence-corrected chi connectivity index (χ2v) is 5.74. The maximum atomic E-state index is 11.8. The molecular weight excluding hydrogens is 284 g/mol. The Labute approximate surface area is 119 Å². The quantitative estimate of drug-likeness (QED) is 0.444. The maximum absolute atomic E-state index is 11.8. The third-order valence-electron chi connectivity index (χ3n) is 2.45. The Balaban J connectivity index is 2.20. The van der Waals surface area contributed by atoms with E-state index in [9.17, 15) is 9.59 Å².